The van der Waals surface area contributed by atoms with Gasteiger partial charge in [-0.2, -0.15) is 13.2 Å². The number of alkyl halides is 3. The van der Waals surface area contributed by atoms with Gasteiger partial charge in [-0.3, -0.25) is 9.20 Å². The summed E-state index contributed by atoms with van der Waals surface area (Å²) in [6, 6.07) is 7.25. The minimum absolute atomic E-state index is 0.0240. The van der Waals surface area contributed by atoms with E-state index < -0.39 is 27.7 Å². The average Bonchev–Trinajstić information content (AvgIpc) is 3.12. The molecule has 12 heteroatoms. The Kier molecular flexibility index (Phi) is 5.89. The predicted molar refractivity (Wildman–Crippen MR) is 101 cm³/mol. The Labute approximate surface area is 169 Å². The lowest BCUT2D eigenvalue weighted by Crippen LogP contribution is -2.25. The number of hydrogen-bond donors (Lipinski definition) is 2. The third kappa shape index (κ3) is 4.66. The summed E-state index contributed by atoms with van der Waals surface area (Å²) in [5, 5.41) is 10.1. The van der Waals surface area contributed by atoms with Gasteiger partial charge < -0.3 is 5.32 Å². The largest absolute Gasteiger partial charge is 0.417 e. The van der Waals surface area contributed by atoms with E-state index in [0.29, 0.717) is 0 Å². The molecule has 0 spiro atoms. The number of aromatic nitrogens is 3. The van der Waals surface area contributed by atoms with Gasteiger partial charge in [-0.25, -0.2) is 13.1 Å². The SMILES string of the molecule is C=CCNS(=O)(=O)c1ccc(C(=O)NCc2nnc3ccc(C(F)(F)F)cn23)cc1. The zero-order valence-electron chi connectivity index (χ0n) is 15.3. The molecule has 0 unspecified atom stereocenters. The molecule has 8 nitrogen and oxygen atoms in total. The van der Waals surface area contributed by atoms with Gasteiger partial charge in [0.2, 0.25) is 10.0 Å². The van der Waals surface area contributed by atoms with Crippen LogP contribution in [0.4, 0.5) is 13.2 Å². The number of carbonyl (C=O) groups excluding carboxylic acids is 1. The van der Waals surface area contributed by atoms with E-state index >= 15 is 0 Å². The van der Waals surface area contributed by atoms with Crippen molar-refractivity contribution >= 4 is 21.6 Å². The summed E-state index contributed by atoms with van der Waals surface area (Å²) in [6.45, 7) is 3.31. The van der Waals surface area contributed by atoms with E-state index in [-0.39, 0.29) is 35.0 Å². The summed E-state index contributed by atoms with van der Waals surface area (Å²) in [4.78, 5) is 12.3. The smallest absolute Gasteiger partial charge is 0.345 e. The zero-order chi connectivity index (χ0) is 21.9. The summed E-state index contributed by atoms with van der Waals surface area (Å²) in [5.74, 6) is -0.445. The normalized spacial score (nSPS) is 12.1. The summed E-state index contributed by atoms with van der Waals surface area (Å²) >= 11 is 0. The van der Waals surface area contributed by atoms with Crippen molar-refractivity contribution in [3.63, 3.8) is 0 Å². The first kappa shape index (κ1) is 21.5. The molecule has 1 aromatic carbocycles. The molecule has 1 amide bonds. The van der Waals surface area contributed by atoms with E-state index in [1.807, 2.05) is 0 Å². The van der Waals surface area contributed by atoms with Gasteiger partial charge in [-0.1, -0.05) is 6.08 Å². The summed E-state index contributed by atoms with van der Waals surface area (Å²) in [5.41, 5.74) is -0.499. The third-order valence-corrected chi connectivity index (χ3v) is 5.49. The number of benzene rings is 1. The highest BCUT2D eigenvalue weighted by molar-refractivity contribution is 7.89. The summed E-state index contributed by atoms with van der Waals surface area (Å²) in [6.07, 6.45) is -2.28. The molecule has 0 aliphatic carbocycles. The lowest BCUT2D eigenvalue weighted by atomic mass is 10.2. The minimum atomic E-state index is -4.53. The molecule has 0 saturated carbocycles. The predicted octanol–water partition coefficient (Wildman–Crippen LogP) is 2.14. The fraction of sp³-hybridized carbons (Fsp3) is 0.167. The van der Waals surface area contributed by atoms with Crippen molar-refractivity contribution < 1.29 is 26.4 Å². The molecule has 0 bridgehead atoms. The molecule has 3 aromatic rings. The molecule has 2 aromatic heterocycles. The summed E-state index contributed by atoms with van der Waals surface area (Å²) in [7, 11) is -3.72. The second-order valence-electron chi connectivity index (χ2n) is 6.11. The Morgan fingerprint density at radius 1 is 1.13 bits per heavy atom. The first-order valence-electron chi connectivity index (χ1n) is 8.51. The average molecular weight is 439 g/mol. The molecular formula is C18H16F3N5O3S. The van der Waals surface area contributed by atoms with Crippen LogP contribution in [-0.4, -0.2) is 35.5 Å². The van der Waals surface area contributed by atoms with Crippen molar-refractivity contribution in [2.75, 3.05) is 6.54 Å². The van der Waals surface area contributed by atoms with Gasteiger partial charge in [-0.15, -0.1) is 16.8 Å². The van der Waals surface area contributed by atoms with Crippen molar-refractivity contribution in [1.29, 1.82) is 0 Å². The van der Waals surface area contributed by atoms with E-state index in [1.54, 1.807) is 0 Å². The van der Waals surface area contributed by atoms with Crippen LogP contribution in [0.25, 0.3) is 5.65 Å². The van der Waals surface area contributed by atoms with E-state index in [0.717, 1.165) is 16.7 Å². The van der Waals surface area contributed by atoms with E-state index in [9.17, 15) is 26.4 Å². The standard InChI is InChI=1S/C18H16F3N5O3S/c1-2-9-23-30(28,29)14-6-3-12(4-7-14)17(27)22-10-16-25-24-15-8-5-13(11-26(15)16)18(19,20)21/h2-8,11,23H,1,9-10H2,(H,22,27). The molecule has 3 rings (SSSR count). The molecule has 0 fully saturated rings. The van der Waals surface area contributed by atoms with Crippen LogP contribution < -0.4 is 10.0 Å². The van der Waals surface area contributed by atoms with Gasteiger partial charge in [0.25, 0.3) is 5.91 Å². The molecule has 158 valence electrons. The molecule has 0 aliphatic rings. The number of fused-ring (bicyclic) bond motifs is 1. The fourth-order valence-corrected chi connectivity index (χ4v) is 3.52. The molecule has 2 N–H and O–H groups in total. The Balaban J connectivity index is 1.72. The fourth-order valence-electron chi connectivity index (χ4n) is 2.53. The maximum Gasteiger partial charge on any atom is 0.417 e. The maximum atomic E-state index is 12.9. The van der Waals surface area contributed by atoms with Crippen molar-refractivity contribution in [2.45, 2.75) is 17.6 Å². The Morgan fingerprint density at radius 2 is 1.83 bits per heavy atom. The lowest BCUT2D eigenvalue weighted by molar-refractivity contribution is -0.137. The first-order chi connectivity index (χ1) is 14.1. The zero-order valence-corrected chi connectivity index (χ0v) is 16.2. The Hall–Kier alpha value is -3.25. The summed E-state index contributed by atoms with van der Waals surface area (Å²) < 4.78 is 66.2. The molecule has 0 radical (unpaired) electrons. The number of sulfonamides is 1. The second-order valence-corrected chi connectivity index (χ2v) is 7.87. The van der Waals surface area contributed by atoms with Crippen molar-refractivity contribution in [3.05, 3.63) is 72.2 Å². The maximum absolute atomic E-state index is 12.9. The molecular weight excluding hydrogens is 423 g/mol. The van der Waals surface area contributed by atoms with Crippen LogP contribution >= 0.6 is 0 Å². The topological polar surface area (TPSA) is 105 Å². The van der Waals surface area contributed by atoms with Crippen LogP contribution in [0.3, 0.4) is 0 Å². The third-order valence-electron chi connectivity index (χ3n) is 4.05. The molecule has 0 aliphatic heterocycles. The lowest BCUT2D eigenvalue weighted by Gasteiger charge is -2.08. The highest BCUT2D eigenvalue weighted by atomic mass is 32.2. The van der Waals surface area contributed by atoms with Gasteiger partial charge >= 0.3 is 6.18 Å². The molecule has 0 atom stereocenters. The van der Waals surface area contributed by atoms with Crippen LogP contribution in [0.5, 0.6) is 0 Å². The number of nitrogens with one attached hydrogen (secondary N) is 2. The van der Waals surface area contributed by atoms with Gasteiger partial charge in [-0.05, 0) is 36.4 Å². The van der Waals surface area contributed by atoms with Crippen LogP contribution in [0.15, 0.2) is 60.1 Å². The van der Waals surface area contributed by atoms with Crippen LogP contribution in [0.2, 0.25) is 0 Å². The number of nitrogens with zero attached hydrogens (tertiary/aromatic N) is 3. The van der Waals surface area contributed by atoms with Gasteiger partial charge in [0.05, 0.1) is 17.0 Å². The number of halogens is 3. The quantitative estimate of drug-likeness (QED) is 0.549. The first-order valence-corrected chi connectivity index (χ1v) is 10.00. The van der Waals surface area contributed by atoms with Crippen LogP contribution in [0, 0.1) is 0 Å². The number of rotatable bonds is 7. The monoisotopic (exact) mass is 439 g/mol. The Bertz CT molecular complexity index is 1190. The van der Waals surface area contributed by atoms with Gasteiger partial charge in [0, 0.05) is 18.3 Å². The number of pyridine rings is 1. The van der Waals surface area contributed by atoms with Crippen LogP contribution in [-0.2, 0) is 22.7 Å². The van der Waals surface area contributed by atoms with Crippen molar-refractivity contribution in [2.24, 2.45) is 0 Å². The highest BCUT2D eigenvalue weighted by Crippen LogP contribution is 2.29. The number of hydrogen-bond acceptors (Lipinski definition) is 5. The number of carbonyl (C=O) groups is 1. The van der Waals surface area contributed by atoms with Crippen molar-refractivity contribution in [1.82, 2.24) is 24.6 Å². The number of amides is 1. The van der Waals surface area contributed by atoms with E-state index in [4.69, 9.17) is 0 Å². The van der Waals surface area contributed by atoms with E-state index in [1.165, 1.54) is 36.4 Å². The molecule has 0 saturated heterocycles. The molecule has 30 heavy (non-hydrogen) atoms. The van der Waals surface area contributed by atoms with Crippen LogP contribution in [0.1, 0.15) is 21.7 Å². The van der Waals surface area contributed by atoms with Gasteiger partial charge in [0.15, 0.2) is 11.5 Å². The highest BCUT2D eigenvalue weighted by Gasteiger charge is 2.31. The Morgan fingerprint density at radius 3 is 2.47 bits per heavy atom. The van der Waals surface area contributed by atoms with Crippen molar-refractivity contribution in [3.8, 4) is 0 Å². The van der Waals surface area contributed by atoms with E-state index in [2.05, 4.69) is 26.8 Å². The second kappa shape index (κ2) is 8.24. The minimum Gasteiger partial charge on any atom is -0.345 e. The molecule has 2 heterocycles. The van der Waals surface area contributed by atoms with Gasteiger partial charge in [0.1, 0.15) is 0 Å².